The number of hydrogen-bond donors (Lipinski definition) is 1. The summed E-state index contributed by atoms with van der Waals surface area (Å²) in [4.78, 5) is 37.2. The molecule has 0 fully saturated rings. The molecule has 1 N–H and O–H groups in total. The third kappa shape index (κ3) is 2.01. The number of carbonyl (C=O) groups is 3. The molecule has 1 unspecified atom stereocenters. The SMILES string of the molecule is O=C1CC(c2ccccc2F)C2=C(N1)c1ccccc1C(=O)C2=O. The van der Waals surface area contributed by atoms with Crippen LogP contribution in [0.2, 0.25) is 0 Å². The molecule has 2 aromatic carbocycles. The van der Waals surface area contributed by atoms with Crippen LogP contribution in [0.4, 0.5) is 4.39 Å². The Morgan fingerprint density at radius 2 is 1.54 bits per heavy atom. The Hall–Kier alpha value is -3.08. The predicted octanol–water partition coefficient (Wildman–Crippen LogP) is 2.61. The van der Waals surface area contributed by atoms with Gasteiger partial charge in [0, 0.05) is 29.0 Å². The van der Waals surface area contributed by atoms with Crippen molar-refractivity contribution in [3.8, 4) is 0 Å². The highest BCUT2D eigenvalue weighted by Gasteiger charge is 2.41. The van der Waals surface area contributed by atoms with E-state index in [4.69, 9.17) is 0 Å². The number of nitrogens with one attached hydrogen (secondary N) is 1. The zero-order valence-corrected chi connectivity index (χ0v) is 12.5. The molecule has 2 aromatic rings. The highest BCUT2D eigenvalue weighted by molar-refractivity contribution is 6.53. The van der Waals surface area contributed by atoms with Crippen molar-refractivity contribution in [2.45, 2.75) is 12.3 Å². The minimum Gasteiger partial charge on any atom is -0.325 e. The molecule has 0 bridgehead atoms. The lowest BCUT2D eigenvalue weighted by Gasteiger charge is -2.31. The number of fused-ring (bicyclic) bond motifs is 2. The number of amides is 1. The predicted molar refractivity (Wildman–Crippen MR) is 84.6 cm³/mol. The summed E-state index contributed by atoms with van der Waals surface area (Å²) in [5, 5.41) is 2.69. The molecule has 118 valence electrons. The summed E-state index contributed by atoms with van der Waals surface area (Å²) < 4.78 is 14.2. The van der Waals surface area contributed by atoms with E-state index >= 15 is 0 Å². The molecule has 4 nitrogen and oxygen atoms in total. The van der Waals surface area contributed by atoms with Crippen LogP contribution in [0, 0.1) is 5.82 Å². The van der Waals surface area contributed by atoms with Gasteiger partial charge in [0.1, 0.15) is 5.82 Å². The minimum atomic E-state index is -0.764. The van der Waals surface area contributed by atoms with E-state index < -0.39 is 23.3 Å². The average molecular weight is 321 g/mol. The summed E-state index contributed by atoms with van der Waals surface area (Å²) in [5.74, 6) is -2.87. The van der Waals surface area contributed by atoms with Crippen LogP contribution in [0.1, 0.15) is 33.8 Å². The molecule has 0 saturated carbocycles. The topological polar surface area (TPSA) is 63.2 Å². The van der Waals surface area contributed by atoms with Crippen molar-refractivity contribution in [2.75, 3.05) is 0 Å². The molecule has 0 aromatic heterocycles. The van der Waals surface area contributed by atoms with Gasteiger partial charge in [0.15, 0.2) is 0 Å². The normalized spacial score (nSPS) is 19.7. The number of rotatable bonds is 1. The van der Waals surface area contributed by atoms with Crippen molar-refractivity contribution in [1.29, 1.82) is 0 Å². The first kappa shape index (κ1) is 14.5. The highest BCUT2D eigenvalue weighted by atomic mass is 19.1. The van der Waals surface area contributed by atoms with Gasteiger partial charge >= 0.3 is 0 Å². The fraction of sp³-hybridized carbons (Fsp3) is 0.105. The van der Waals surface area contributed by atoms with Crippen LogP contribution < -0.4 is 5.32 Å². The summed E-state index contributed by atoms with van der Waals surface area (Å²) >= 11 is 0. The Morgan fingerprint density at radius 3 is 2.29 bits per heavy atom. The van der Waals surface area contributed by atoms with Crippen molar-refractivity contribution < 1.29 is 18.8 Å². The van der Waals surface area contributed by atoms with Crippen LogP contribution in [0.3, 0.4) is 0 Å². The van der Waals surface area contributed by atoms with Gasteiger partial charge in [0.05, 0.1) is 5.70 Å². The number of ketones is 2. The van der Waals surface area contributed by atoms with Gasteiger partial charge < -0.3 is 5.32 Å². The first-order valence-corrected chi connectivity index (χ1v) is 7.55. The van der Waals surface area contributed by atoms with Crippen molar-refractivity contribution in [1.82, 2.24) is 5.32 Å². The van der Waals surface area contributed by atoms with Gasteiger partial charge in [0.25, 0.3) is 0 Å². The molecule has 1 heterocycles. The Balaban J connectivity index is 1.99. The van der Waals surface area contributed by atoms with Gasteiger partial charge in [-0.3, -0.25) is 14.4 Å². The molecule has 0 spiro atoms. The van der Waals surface area contributed by atoms with Crippen LogP contribution >= 0.6 is 0 Å². The number of hydrogen-bond acceptors (Lipinski definition) is 3. The molecule has 4 rings (SSSR count). The number of Topliss-reactive ketones (excluding diaryl/α,β-unsaturated/α-hetero) is 2. The fourth-order valence-electron chi connectivity index (χ4n) is 3.37. The summed E-state index contributed by atoms with van der Waals surface area (Å²) in [6, 6.07) is 12.6. The molecular weight excluding hydrogens is 309 g/mol. The highest BCUT2D eigenvalue weighted by Crippen LogP contribution is 2.41. The maximum Gasteiger partial charge on any atom is 0.233 e. The molecule has 24 heavy (non-hydrogen) atoms. The number of halogens is 1. The first-order valence-electron chi connectivity index (χ1n) is 7.55. The summed E-state index contributed by atoms with van der Waals surface area (Å²) in [6.45, 7) is 0. The molecule has 0 radical (unpaired) electrons. The summed E-state index contributed by atoms with van der Waals surface area (Å²) in [7, 11) is 0. The third-order valence-corrected chi connectivity index (χ3v) is 4.44. The van der Waals surface area contributed by atoms with Crippen LogP contribution in [-0.4, -0.2) is 17.5 Å². The number of allylic oxidation sites excluding steroid dienone is 1. The lowest BCUT2D eigenvalue weighted by molar-refractivity contribution is -0.120. The monoisotopic (exact) mass is 321 g/mol. The van der Waals surface area contributed by atoms with E-state index in [1.54, 1.807) is 42.5 Å². The van der Waals surface area contributed by atoms with E-state index in [0.717, 1.165) is 0 Å². The maximum absolute atomic E-state index is 14.2. The first-order chi connectivity index (χ1) is 11.6. The quantitative estimate of drug-likeness (QED) is 0.821. The second kappa shape index (κ2) is 5.23. The number of carbonyl (C=O) groups excluding carboxylic acids is 3. The number of benzene rings is 2. The second-order valence-corrected chi connectivity index (χ2v) is 5.82. The van der Waals surface area contributed by atoms with Gasteiger partial charge in [-0.2, -0.15) is 0 Å². The molecular formula is C19H12FNO3. The summed E-state index contributed by atoms with van der Waals surface area (Å²) in [6.07, 6.45) is -0.0685. The van der Waals surface area contributed by atoms with Crippen molar-refractivity contribution >= 4 is 23.2 Å². The van der Waals surface area contributed by atoms with E-state index in [-0.39, 0.29) is 29.0 Å². The van der Waals surface area contributed by atoms with E-state index in [1.165, 1.54) is 6.07 Å². The third-order valence-electron chi connectivity index (χ3n) is 4.44. The van der Waals surface area contributed by atoms with E-state index in [2.05, 4.69) is 5.32 Å². The van der Waals surface area contributed by atoms with Gasteiger partial charge in [-0.25, -0.2) is 4.39 Å². The Bertz CT molecular complexity index is 945. The zero-order valence-electron chi connectivity index (χ0n) is 12.5. The lowest BCUT2D eigenvalue weighted by Crippen LogP contribution is -2.39. The standard InChI is InChI=1S/C19H12FNO3/c20-14-8-4-3-5-10(14)13-9-15(22)21-17-11-6-1-2-7-12(11)18(23)19(24)16(13)17/h1-8,13H,9H2,(H,21,22). The minimum absolute atomic E-state index is 0.0685. The van der Waals surface area contributed by atoms with Gasteiger partial charge in [-0.15, -0.1) is 0 Å². The van der Waals surface area contributed by atoms with Gasteiger partial charge in [0.2, 0.25) is 17.5 Å². The Labute approximate surface area is 137 Å². The smallest absolute Gasteiger partial charge is 0.233 e. The molecule has 0 saturated heterocycles. The van der Waals surface area contributed by atoms with Crippen LogP contribution in [0.5, 0.6) is 0 Å². The average Bonchev–Trinajstić information content (AvgIpc) is 2.59. The molecule has 1 aliphatic heterocycles. The van der Waals surface area contributed by atoms with E-state index in [0.29, 0.717) is 11.3 Å². The van der Waals surface area contributed by atoms with Crippen LogP contribution in [0.25, 0.3) is 5.70 Å². The van der Waals surface area contributed by atoms with Crippen molar-refractivity contribution in [2.24, 2.45) is 0 Å². The van der Waals surface area contributed by atoms with E-state index in [1.807, 2.05) is 0 Å². The zero-order chi connectivity index (χ0) is 16.8. The molecule has 1 amide bonds. The van der Waals surface area contributed by atoms with E-state index in [9.17, 15) is 18.8 Å². The van der Waals surface area contributed by atoms with Gasteiger partial charge in [-0.05, 0) is 11.6 Å². The lowest BCUT2D eigenvalue weighted by atomic mass is 9.75. The van der Waals surface area contributed by atoms with Crippen molar-refractivity contribution in [3.63, 3.8) is 0 Å². The fourth-order valence-corrected chi connectivity index (χ4v) is 3.37. The Kier molecular flexibility index (Phi) is 3.16. The largest absolute Gasteiger partial charge is 0.325 e. The Morgan fingerprint density at radius 1 is 0.875 bits per heavy atom. The van der Waals surface area contributed by atoms with Gasteiger partial charge in [-0.1, -0.05) is 42.5 Å². The second-order valence-electron chi connectivity index (χ2n) is 5.82. The van der Waals surface area contributed by atoms with Crippen LogP contribution in [0.15, 0.2) is 54.1 Å². The summed E-state index contributed by atoms with van der Waals surface area (Å²) in [5.41, 5.74) is 1.51. The molecule has 1 aliphatic carbocycles. The van der Waals surface area contributed by atoms with Crippen LogP contribution in [-0.2, 0) is 9.59 Å². The maximum atomic E-state index is 14.2. The molecule has 1 atom stereocenters. The van der Waals surface area contributed by atoms with Crippen molar-refractivity contribution in [3.05, 3.63) is 76.6 Å². The molecule has 2 aliphatic rings. The molecule has 5 heteroatoms.